The van der Waals surface area contributed by atoms with Crippen molar-refractivity contribution in [2.24, 2.45) is 0 Å². The minimum Gasteiger partial charge on any atom is -0.380 e. The summed E-state index contributed by atoms with van der Waals surface area (Å²) < 4.78 is 21.5. The number of unbranched alkanes of at least 4 members (excludes halogenated alkanes) is 1. The van der Waals surface area contributed by atoms with Gasteiger partial charge in [-0.2, -0.15) is 0 Å². The van der Waals surface area contributed by atoms with E-state index >= 15 is 0 Å². The molecule has 5 nitrogen and oxygen atoms in total. The van der Waals surface area contributed by atoms with Gasteiger partial charge in [0.1, 0.15) is 0 Å². The number of rotatable bonds is 11. The highest BCUT2D eigenvalue weighted by molar-refractivity contribution is 5.98. The zero-order valence-corrected chi connectivity index (χ0v) is 13.7. The largest absolute Gasteiger partial charge is 0.380 e. The highest BCUT2D eigenvalue weighted by atomic mass is 28.2. The Morgan fingerprint density at radius 3 is 2.35 bits per heavy atom. The third-order valence-corrected chi connectivity index (χ3v) is 3.33. The Balaban J connectivity index is 3.62. The lowest BCUT2D eigenvalue weighted by molar-refractivity contribution is -0.325. The Morgan fingerprint density at radius 2 is 1.88 bits per heavy atom. The highest BCUT2D eigenvalue weighted by Crippen LogP contribution is 2.19. The zero-order chi connectivity index (χ0) is 13.1. The fourth-order valence-corrected chi connectivity index (χ4v) is 2.17. The van der Waals surface area contributed by atoms with Gasteiger partial charge in [-0.3, -0.25) is 0 Å². The Bertz CT molecular complexity index is 171. The average molecular weight is 265 g/mol. The van der Waals surface area contributed by atoms with Crippen LogP contribution in [0, 0.1) is 0 Å². The van der Waals surface area contributed by atoms with Crippen LogP contribution < -0.4 is 5.32 Å². The lowest BCUT2D eigenvalue weighted by atomic mass is 10.2. The van der Waals surface area contributed by atoms with Gasteiger partial charge in [0, 0.05) is 33.8 Å². The molecule has 17 heavy (non-hydrogen) atoms. The van der Waals surface area contributed by atoms with Crippen LogP contribution in [0.5, 0.6) is 0 Å². The summed E-state index contributed by atoms with van der Waals surface area (Å²) in [5, 5.41) is 3.08. The van der Waals surface area contributed by atoms with E-state index in [1.165, 1.54) is 0 Å². The molecule has 1 N–H and O–H groups in total. The number of likely N-dealkylation sites (N-methyl/N-ethyl adjacent to an activating group) is 1. The normalized spacial score (nSPS) is 14.1. The van der Waals surface area contributed by atoms with Crippen LogP contribution in [0.15, 0.2) is 0 Å². The summed E-state index contributed by atoms with van der Waals surface area (Å²) in [6, 6.07) is 0. The molecule has 0 saturated carbocycles. The summed E-state index contributed by atoms with van der Waals surface area (Å²) in [5.41, 5.74) is 0. The molecular weight excluding hydrogens is 238 g/mol. The first kappa shape index (κ1) is 17.0. The molecule has 0 rings (SSSR count). The number of ether oxygens (including phenoxy) is 3. The predicted octanol–water partition coefficient (Wildman–Crippen LogP) is 0.0248. The molecule has 0 bridgehead atoms. The summed E-state index contributed by atoms with van der Waals surface area (Å²) in [5.74, 6) is -0.844. The van der Waals surface area contributed by atoms with E-state index in [1.807, 2.05) is 7.05 Å². The third-order valence-electron chi connectivity index (χ3n) is 2.70. The van der Waals surface area contributed by atoms with Crippen molar-refractivity contribution < 1.29 is 18.6 Å². The van der Waals surface area contributed by atoms with Crippen LogP contribution in [-0.4, -0.2) is 57.0 Å². The summed E-state index contributed by atoms with van der Waals surface area (Å²) in [7, 11) is 5.73. The van der Waals surface area contributed by atoms with E-state index in [4.69, 9.17) is 18.6 Å². The van der Waals surface area contributed by atoms with Crippen molar-refractivity contribution in [3.63, 3.8) is 0 Å². The van der Waals surface area contributed by atoms with Crippen LogP contribution in [0.2, 0.25) is 0 Å². The van der Waals surface area contributed by atoms with E-state index in [2.05, 4.69) is 12.2 Å². The molecule has 6 heteroatoms. The minimum absolute atomic E-state index is 0.254. The van der Waals surface area contributed by atoms with Crippen LogP contribution in [0.3, 0.4) is 0 Å². The Labute approximate surface area is 108 Å². The summed E-state index contributed by atoms with van der Waals surface area (Å²) >= 11 is 0. The van der Waals surface area contributed by atoms with Gasteiger partial charge in [-0.1, -0.05) is 0 Å². The molecule has 104 valence electrons. The molecule has 0 aliphatic carbocycles. The van der Waals surface area contributed by atoms with E-state index in [0.717, 1.165) is 32.4 Å². The summed E-state index contributed by atoms with van der Waals surface area (Å²) in [6.45, 7) is 3.70. The van der Waals surface area contributed by atoms with Crippen LogP contribution in [0.4, 0.5) is 0 Å². The number of methoxy groups -OCH3 is 2. The van der Waals surface area contributed by atoms with Crippen molar-refractivity contribution in [3.05, 3.63) is 0 Å². The fourth-order valence-electron chi connectivity index (χ4n) is 1.63. The third kappa shape index (κ3) is 7.12. The second-order valence-corrected chi connectivity index (χ2v) is 4.40. The molecule has 0 aromatic carbocycles. The first-order valence-corrected chi connectivity index (χ1v) is 6.87. The highest BCUT2D eigenvalue weighted by Gasteiger charge is 2.27. The molecule has 0 amide bonds. The minimum atomic E-state index is -0.844. The van der Waals surface area contributed by atoms with Crippen LogP contribution >= 0.6 is 0 Å². The maximum atomic E-state index is 5.62. The lowest BCUT2D eigenvalue weighted by Crippen LogP contribution is -2.36. The molecule has 0 radical (unpaired) electrons. The van der Waals surface area contributed by atoms with Gasteiger partial charge >= 0.3 is 0 Å². The van der Waals surface area contributed by atoms with Gasteiger partial charge in [0.05, 0.1) is 6.10 Å². The van der Waals surface area contributed by atoms with Crippen LogP contribution in [0.1, 0.15) is 26.2 Å². The smallest absolute Gasteiger partial charge is 0.272 e. The van der Waals surface area contributed by atoms with Crippen molar-refractivity contribution in [1.29, 1.82) is 0 Å². The van der Waals surface area contributed by atoms with Crippen molar-refractivity contribution in [3.8, 4) is 0 Å². The molecule has 0 aromatic rings. The molecule has 0 spiro atoms. The molecule has 0 aliphatic rings. The van der Waals surface area contributed by atoms with Crippen molar-refractivity contribution in [1.82, 2.24) is 5.32 Å². The second kappa shape index (κ2) is 9.99. The Hall–Kier alpha value is 0.0169. The monoisotopic (exact) mass is 265 g/mol. The van der Waals surface area contributed by atoms with Gasteiger partial charge in [-0.15, -0.1) is 0 Å². The van der Waals surface area contributed by atoms with Gasteiger partial charge in [-0.05, 0) is 26.8 Å². The Kier molecular flexibility index (Phi) is 10.00. The first-order chi connectivity index (χ1) is 8.14. The molecule has 1 unspecified atom stereocenters. The van der Waals surface area contributed by atoms with Crippen LogP contribution in [0.25, 0.3) is 0 Å². The van der Waals surface area contributed by atoms with Gasteiger partial charge in [0.2, 0.25) is 0 Å². The maximum absolute atomic E-state index is 5.62. The molecule has 0 saturated heterocycles. The summed E-state index contributed by atoms with van der Waals surface area (Å²) in [4.78, 5) is 0. The number of hydrogen-bond donors (Lipinski definition) is 1. The summed E-state index contributed by atoms with van der Waals surface area (Å²) in [6.07, 6.45) is 2.92. The van der Waals surface area contributed by atoms with E-state index in [9.17, 15) is 0 Å². The van der Waals surface area contributed by atoms with E-state index < -0.39 is 5.97 Å². The first-order valence-electron chi connectivity index (χ1n) is 6.05. The van der Waals surface area contributed by atoms with E-state index in [-0.39, 0.29) is 6.10 Å². The van der Waals surface area contributed by atoms with Gasteiger partial charge in [0.25, 0.3) is 5.97 Å². The number of hydrogen-bond acceptors (Lipinski definition) is 5. The molecule has 0 aliphatic heterocycles. The Morgan fingerprint density at radius 1 is 1.24 bits per heavy atom. The average Bonchev–Trinajstić information content (AvgIpc) is 2.35. The second-order valence-electron chi connectivity index (χ2n) is 3.99. The zero-order valence-electron chi connectivity index (χ0n) is 11.7. The fraction of sp³-hybridized carbons (Fsp3) is 1.00. The predicted molar refractivity (Wildman–Crippen MR) is 71.0 cm³/mol. The van der Waals surface area contributed by atoms with Gasteiger partial charge < -0.3 is 24.0 Å². The topological polar surface area (TPSA) is 49.0 Å². The van der Waals surface area contributed by atoms with E-state index in [1.54, 1.807) is 14.2 Å². The van der Waals surface area contributed by atoms with Gasteiger partial charge in [-0.25, -0.2) is 0 Å². The van der Waals surface area contributed by atoms with Crippen molar-refractivity contribution >= 4 is 10.5 Å². The molecule has 0 heterocycles. The standard InChI is InChI=1S/C11H27NO4Si/c1-10(9-12-2)15-8-6-5-7-11(13-3,14-4)16-17/h10,12H,5-9H2,1-4,17H3. The molecule has 1 atom stereocenters. The SMILES string of the molecule is CNCC(C)OCCCCC(OC)(OC)O[SiH3]. The number of nitrogens with one attached hydrogen (secondary N) is 1. The molecule has 0 fully saturated rings. The van der Waals surface area contributed by atoms with Crippen LogP contribution in [-0.2, 0) is 18.6 Å². The van der Waals surface area contributed by atoms with Crippen molar-refractivity contribution in [2.45, 2.75) is 38.3 Å². The quantitative estimate of drug-likeness (QED) is 0.324. The maximum Gasteiger partial charge on any atom is 0.272 e. The van der Waals surface area contributed by atoms with E-state index in [0.29, 0.717) is 10.5 Å². The molecular formula is C11H27NO4Si. The lowest BCUT2D eigenvalue weighted by Gasteiger charge is -2.29. The van der Waals surface area contributed by atoms with Gasteiger partial charge in [0.15, 0.2) is 10.5 Å². The van der Waals surface area contributed by atoms with Crippen molar-refractivity contribution in [2.75, 3.05) is 34.4 Å². The molecule has 0 aromatic heterocycles.